The summed E-state index contributed by atoms with van der Waals surface area (Å²) in [5, 5.41) is 10.6. The lowest BCUT2D eigenvalue weighted by molar-refractivity contribution is -0.142. The van der Waals surface area contributed by atoms with Crippen molar-refractivity contribution in [2.75, 3.05) is 6.61 Å². The van der Waals surface area contributed by atoms with Crippen LogP contribution in [0.4, 0.5) is 0 Å². The van der Waals surface area contributed by atoms with Crippen LogP contribution >= 0.6 is 0 Å². The first kappa shape index (κ1) is 10.9. The molecule has 0 heterocycles. The van der Waals surface area contributed by atoms with Crippen molar-refractivity contribution in [3.05, 3.63) is 0 Å². The summed E-state index contributed by atoms with van der Waals surface area (Å²) in [6.45, 7) is 3.57. The molecule has 1 amide bonds. The van der Waals surface area contributed by atoms with Crippen LogP contribution in [-0.4, -0.2) is 36.2 Å². The first-order valence-electron chi connectivity index (χ1n) is 3.62. The van der Waals surface area contributed by atoms with Crippen LogP contribution in [-0.2, 0) is 14.3 Å². The molecule has 1 atom stereocenters. The van der Waals surface area contributed by atoms with Crippen molar-refractivity contribution in [3.63, 3.8) is 0 Å². The lowest BCUT2D eigenvalue weighted by Crippen LogP contribution is -2.40. The number of aliphatic carboxylic acids is 1. The molecule has 12 heavy (non-hydrogen) atoms. The van der Waals surface area contributed by atoms with Crippen LogP contribution in [0.15, 0.2) is 0 Å². The minimum atomic E-state index is -1.09. The molecular weight excluding hydrogens is 162 g/mol. The summed E-state index contributed by atoms with van der Waals surface area (Å²) in [6.07, 6.45) is 0.308. The van der Waals surface area contributed by atoms with E-state index >= 15 is 0 Å². The van der Waals surface area contributed by atoms with Crippen LogP contribution in [0.1, 0.15) is 13.8 Å². The molecular formula is C7H13NO4. The van der Waals surface area contributed by atoms with Gasteiger partial charge in [-0.1, -0.05) is 0 Å². The fourth-order valence-corrected chi connectivity index (χ4v) is 0.561. The van der Waals surface area contributed by atoms with Crippen molar-refractivity contribution >= 4 is 12.4 Å². The van der Waals surface area contributed by atoms with Gasteiger partial charge in [-0.05, 0) is 13.8 Å². The summed E-state index contributed by atoms with van der Waals surface area (Å²) in [7, 11) is 0. The highest BCUT2D eigenvalue weighted by molar-refractivity contribution is 5.76. The zero-order valence-corrected chi connectivity index (χ0v) is 7.11. The number of carboxylic acids is 1. The van der Waals surface area contributed by atoms with Gasteiger partial charge in [-0.15, -0.1) is 0 Å². The first-order chi connectivity index (χ1) is 5.57. The number of carbonyl (C=O) groups excluding carboxylic acids is 1. The quantitative estimate of drug-likeness (QED) is 0.539. The molecule has 5 nitrogen and oxygen atoms in total. The highest BCUT2D eigenvalue weighted by Crippen LogP contribution is 1.91. The Labute approximate surface area is 70.7 Å². The van der Waals surface area contributed by atoms with E-state index in [9.17, 15) is 9.59 Å². The SMILES string of the molecule is CC(C)OCC(NC=O)C(=O)O. The molecule has 0 aromatic carbocycles. The van der Waals surface area contributed by atoms with Crippen molar-refractivity contribution in [1.82, 2.24) is 5.32 Å². The topological polar surface area (TPSA) is 75.6 Å². The Hall–Kier alpha value is -1.10. The molecule has 0 saturated heterocycles. The Kier molecular flexibility index (Phi) is 5.03. The molecule has 1 unspecified atom stereocenters. The summed E-state index contributed by atoms with van der Waals surface area (Å²) >= 11 is 0. The lowest BCUT2D eigenvalue weighted by Gasteiger charge is -2.13. The van der Waals surface area contributed by atoms with Crippen LogP contribution in [0.25, 0.3) is 0 Å². The summed E-state index contributed by atoms with van der Waals surface area (Å²) < 4.78 is 5.02. The van der Waals surface area contributed by atoms with Gasteiger partial charge in [0.05, 0.1) is 12.7 Å². The molecule has 0 aliphatic carbocycles. The van der Waals surface area contributed by atoms with E-state index < -0.39 is 12.0 Å². The van der Waals surface area contributed by atoms with Crippen LogP contribution in [0.2, 0.25) is 0 Å². The van der Waals surface area contributed by atoms with Crippen molar-refractivity contribution in [2.24, 2.45) is 0 Å². The smallest absolute Gasteiger partial charge is 0.328 e. The van der Waals surface area contributed by atoms with Crippen molar-refractivity contribution < 1.29 is 19.4 Å². The average molecular weight is 175 g/mol. The van der Waals surface area contributed by atoms with Gasteiger partial charge in [0, 0.05) is 0 Å². The van der Waals surface area contributed by atoms with Gasteiger partial charge in [-0.2, -0.15) is 0 Å². The van der Waals surface area contributed by atoms with Gasteiger partial charge < -0.3 is 15.2 Å². The monoisotopic (exact) mass is 175 g/mol. The van der Waals surface area contributed by atoms with E-state index in [2.05, 4.69) is 5.32 Å². The molecule has 70 valence electrons. The van der Waals surface area contributed by atoms with E-state index in [-0.39, 0.29) is 12.7 Å². The van der Waals surface area contributed by atoms with E-state index in [0.717, 1.165) is 0 Å². The van der Waals surface area contributed by atoms with Gasteiger partial charge >= 0.3 is 5.97 Å². The molecule has 5 heteroatoms. The third kappa shape index (κ3) is 4.68. The third-order valence-corrected chi connectivity index (χ3v) is 1.16. The zero-order valence-electron chi connectivity index (χ0n) is 7.11. The molecule has 0 aromatic rings. The fourth-order valence-electron chi connectivity index (χ4n) is 0.561. The van der Waals surface area contributed by atoms with Crippen molar-refractivity contribution in [3.8, 4) is 0 Å². The van der Waals surface area contributed by atoms with E-state index in [1.807, 2.05) is 0 Å². The number of hydrogen-bond donors (Lipinski definition) is 2. The predicted molar refractivity (Wildman–Crippen MR) is 41.7 cm³/mol. The van der Waals surface area contributed by atoms with Gasteiger partial charge in [0.15, 0.2) is 0 Å². The number of hydrogen-bond acceptors (Lipinski definition) is 3. The molecule has 0 saturated carbocycles. The van der Waals surface area contributed by atoms with Crippen LogP contribution in [0, 0.1) is 0 Å². The van der Waals surface area contributed by atoms with E-state index in [0.29, 0.717) is 6.41 Å². The Morgan fingerprint density at radius 1 is 1.67 bits per heavy atom. The Morgan fingerprint density at radius 3 is 2.58 bits per heavy atom. The zero-order chi connectivity index (χ0) is 9.56. The molecule has 0 rings (SSSR count). The van der Waals surface area contributed by atoms with Gasteiger partial charge in [0.25, 0.3) is 0 Å². The summed E-state index contributed by atoms with van der Waals surface area (Å²) in [4.78, 5) is 20.3. The first-order valence-corrected chi connectivity index (χ1v) is 3.62. The van der Waals surface area contributed by atoms with Crippen LogP contribution < -0.4 is 5.32 Å². The number of carboxylic acid groups (broad SMARTS) is 1. The molecule has 0 bridgehead atoms. The highest BCUT2D eigenvalue weighted by atomic mass is 16.5. The Bertz CT molecular complexity index is 157. The number of nitrogens with one attached hydrogen (secondary N) is 1. The fraction of sp³-hybridized carbons (Fsp3) is 0.714. The second kappa shape index (κ2) is 5.54. The Morgan fingerprint density at radius 2 is 2.25 bits per heavy atom. The van der Waals surface area contributed by atoms with Gasteiger partial charge in [-0.25, -0.2) is 4.79 Å². The van der Waals surface area contributed by atoms with Crippen molar-refractivity contribution in [1.29, 1.82) is 0 Å². The summed E-state index contributed by atoms with van der Waals surface area (Å²) in [5.74, 6) is -1.09. The summed E-state index contributed by atoms with van der Waals surface area (Å²) in [5.41, 5.74) is 0. The van der Waals surface area contributed by atoms with Gasteiger partial charge in [0.1, 0.15) is 6.04 Å². The number of carbonyl (C=O) groups is 2. The molecule has 0 aromatic heterocycles. The van der Waals surface area contributed by atoms with E-state index in [4.69, 9.17) is 9.84 Å². The maximum absolute atomic E-state index is 10.4. The maximum atomic E-state index is 10.4. The van der Waals surface area contributed by atoms with Gasteiger partial charge in [-0.3, -0.25) is 4.79 Å². The van der Waals surface area contributed by atoms with Crippen molar-refractivity contribution in [2.45, 2.75) is 26.0 Å². The number of ether oxygens (including phenoxy) is 1. The largest absolute Gasteiger partial charge is 0.480 e. The normalized spacial score (nSPS) is 12.6. The highest BCUT2D eigenvalue weighted by Gasteiger charge is 2.16. The van der Waals surface area contributed by atoms with Gasteiger partial charge in [0.2, 0.25) is 6.41 Å². The van der Waals surface area contributed by atoms with E-state index in [1.165, 1.54) is 0 Å². The molecule has 0 fully saturated rings. The minimum absolute atomic E-state index is 0.00819. The maximum Gasteiger partial charge on any atom is 0.328 e. The molecule has 0 radical (unpaired) electrons. The predicted octanol–water partition coefficient (Wildman–Crippen LogP) is -0.389. The van der Waals surface area contributed by atoms with E-state index in [1.54, 1.807) is 13.8 Å². The Balaban J connectivity index is 3.78. The minimum Gasteiger partial charge on any atom is -0.480 e. The molecule has 0 aliphatic rings. The number of rotatable bonds is 6. The van der Waals surface area contributed by atoms with Crippen LogP contribution in [0.5, 0.6) is 0 Å². The van der Waals surface area contributed by atoms with Crippen LogP contribution in [0.3, 0.4) is 0 Å². The molecule has 2 N–H and O–H groups in total. The molecule has 0 spiro atoms. The second-order valence-electron chi connectivity index (χ2n) is 2.56. The summed E-state index contributed by atoms with van der Waals surface area (Å²) in [6, 6.07) is -0.954. The molecule has 0 aliphatic heterocycles. The third-order valence-electron chi connectivity index (χ3n) is 1.16. The standard InChI is InChI=1S/C7H13NO4/c1-5(2)12-3-6(7(10)11)8-4-9/h4-6H,3H2,1-2H3,(H,8,9)(H,10,11). The lowest BCUT2D eigenvalue weighted by atomic mass is 10.3. The number of amides is 1. The second-order valence-corrected chi connectivity index (χ2v) is 2.56. The average Bonchev–Trinajstić information content (AvgIpc) is 1.96.